The molecule has 22 heavy (non-hydrogen) atoms. The van der Waals surface area contributed by atoms with Crippen molar-refractivity contribution in [1.82, 2.24) is 15.0 Å². The summed E-state index contributed by atoms with van der Waals surface area (Å²) < 4.78 is 25.5. The largest absolute Gasteiger partial charge is 0.409 e. The zero-order valence-corrected chi connectivity index (χ0v) is 11.2. The zero-order valence-electron chi connectivity index (χ0n) is 11.2. The molecule has 0 spiro atoms. The summed E-state index contributed by atoms with van der Waals surface area (Å²) in [6.07, 6.45) is 0.408. The van der Waals surface area contributed by atoms with Crippen LogP contribution in [0.4, 0.5) is 14.5 Å². The Hall–Kier alpha value is -3.03. The topological polar surface area (TPSA) is 86.2 Å². The third kappa shape index (κ3) is 2.58. The molecule has 0 saturated heterocycles. The molecule has 3 aromatic rings. The van der Waals surface area contributed by atoms with Crippen LogP contribution in [0.25, 0.3) is 11.2 Å². The Kier molecular flexibility index (Phi) is 3.65. The first-order valence-corrected chi connectivity index (χ1v) is 6.34. The first-order valence-electron chi connectivity index (χ1n) is 6.34. The van der Waals surface area contributed by atoms with Crippen LogP contribution in [0.1, 0.15) is 17.6 Å². The molecule has 0 unspecified atom stereocenters. The van der Waals surface area contributed by atoms with E-state index in [4.69, 9.17) is 0 Å². The summed E-state index contributed by atoms with van der Waals surface area (Å²) in [4.78, 5) is 11.0. The number of anilines is 1. The second kappa shape index (κ2) is 5.76. The smallest absolute Gasteiger partial charge is 0.263 e. The van der Waals surface area contributed by atoms with E-state index in [1.165, 1.54) is 30.7 Å². The van der Waals surface area contributed by atoms with E-state index in [1.807, 2.05) is 0 Å². The van der Waals surface area contributed by atoms with Gasteiger partial charge in [0.15, 0.2) is 11.5 Å². The molecule has 0 saturated carbocycles. The van der Waals surface area contributed by atoms with Crippen molar-refractivity contribution in [2.75, 3.05) is 5.32 Å². The fourth-order valence-electron chi connectivity index (χ4n) is 2.08. The Morgan fingerprint density at radius 2 is 2.14 bits per heavy atom. The number of alkyl halides is 2. The van der Waals surface area contributed by atoms with Crippen molar-refractivity contribution in [3.63, 3.8) is 0 Å². The molecule has 3 rings (SSSR count). The fourth-order valence-corrected chi connectivity index (χ4v) is 2.08. The molecular formula is C14H11F2N5O. The molecule has 0 radical (unpaired) electrons. The van der Waals surface area contributed by atoms with E-state index in [0.717, 1.165) is 0 Å². The van der Waals surface area contributed by atoms with Gasteiger partial charge in [-0.05, 0) is 18.2 Å². The van der Waals surface area contributed by atoms with Crippen LogP contribution in [0.15, 0.2) is 48.0 Å². The Morgan fingerprint density at radius 1 is 1.27 bits per heavy atom. The molecule has 8 heteroatoms. The number of aromatic amines is 1. The SMILES string of the molecule is O/N=C(\Nc1cccc(C(F)F)c1)c1ccnc2nc[nH]c12. The van der Waals surface area contributed by atoms with Gasteiger partial charge in [0, 0.05) is 23.0 Å². The number of fused-ring (bicyclic) bond motifs is 1. The summed E-state index contributed by atoms with van der Waals surface area (Å²) in [5.41, 5.74) is 1.82. The standard InChI is InChI=1S/C14H11F2N5O/c15-12(16)8-2-1-3-9(6-8)20-13(21-22)10-4-5-17-14-11(10)18-7-19-14/h1-7,12,22H,(H,20,21)(H,17,18,19). The van der Waals surface area contributed by atoms with Gasteiger partial charge >= 0.3 is 0 Å². The average Bonchev–Trinajstić information content (AvgIpc) is 3.01. The molecule has 6 nitrogen and oxygen atoms in total. The summed E-state index contributed by atoms with van der Waals surface area (Å²) in [7, 11) is 0. The summed E-state index contributed by atoms with van der Waals surface area (Å²) in [6.45, 7) is 0. The van der Waals surface area contributed by atoms with E-state index in [0.29, 0.717) is 22.4 Å². The van der Waals surface area contributed by atoms with Gasteiger partial charge in [0.25, 0.3) is 6.43 Å². The molecule has 112 valence electrons. The maximum absolute atomic E-state index is 12.7. The summed E-state index contributed by atoms with van der Waals surface area (Å²) in [5, 5.41) is 15.3. The first kappa shape index (κ1) is 13.9. The number of imidazole rings is 1. The molecule has 0 atom stereocenters. The Labute approximate surface area is 123 Å². The van der Waals surface area contributed by atoms with Gasteiger partial charge in [0.2, 0.25) is 0 Å². The van der Waals surface area contributed by atoms with Gasteiger partial charge in [-0.25, -0.2) is 18.7 Å². The number of pyridine rings is 1. The number of oxime groups is 1. The van der Waals surface area contributed by atoms with Gasteiger partial charge in [0.1, 0.15) is 0 Å². The van der Waals surface area contributed by atoms with Gasteiger partial charge in [-0.1, -0.05) is 17.3 Å². The molecule has 3 N–H and O–H groups in total. The summed E-state index contributed by atoms with van der Waals surface area (Å²) >= 11 is 0. The molecule has 0 aliphatic rings. The van der Waals surface area contributed by atoms with E-state index in [9.17, 15) is 14.0 Å². The van der Waals surface area contributed by atoms with E-state index >= 15 is 0 Å². The minimum absolute atomic E-state index is 0.100. The predicted octanol–water partition coefficient (Wildman–Crippen LogP) is 3.14. The van der Waals surface area contributed by atoms with Gasteiger partial charge in [-0.15, -0.1) is 0 Å². The number of H-pyrrole nitrogens is 1. The maximum Gasteiger partial charge on any atom is 0.263 e. The van der Waals surface area contributed by atoms with Crippen molar-refractivity contribution < 1.29 is 14.0 Å². The van der Waals surface area contributed by atoms with Crippen LogP contribution < -0.4 is 5.32 Å². The minimum atomic E-state index is -2.57. The lowest BCUT2D eigenvalue weighted by molar-refractivity contribution is 0.151. The average molecular weight is 303 g/mol. The van der Waals surface area contributed by atoms with Crippen LogP contribution in [0.2, 0.25) is 0 Å². The van der Waals surface area contributed by atoms with Gasteiger partial charge in [-0.2, -0.15) is 0 Å². The number of halogens is 2. The van der Waals surface area contributed by atoms with E-state index in [2.05, 4.69) is 25.4 Å². The highest BCUT2D eigenvalue weighted by molar-refractivity contribution is 6.13. The fraction of sp³-hybridized carbons (Fsp3) is 0.0714. The van der Waals surface area contributed by atoms with Crippen LogP contribution in [0.5, 0.6) is 0 Å². The molecule has 0 aliphatic heterocycles. The Balaban J connectivity index is 1.96. The van der Waals surface area contributed by atoms with Crippen molar-refractivity contribution in [3.05, 3.63) is 54.0 Å². The minimum Gasteiger partial charge on any atom is -0.409 e. The number of benzene rings is 1. The zero-order chi connectivity index (χ0) is 15.5. The highest BCUT2D eigenvalue weighted by Gasteiger charge is 2.13. The lowest BCUT2D eigenvalue weighted by atomic mass is 10.2. The highest BCUT2D eigenvalue weighted by Crippen LogP contribution is 2.22. The molecule has 2 heterocycles. The maximum atomic E-state index is 12.7. The summed E-state index contributed by atoms with van der Waals surface area (Å²) in [5.74, 6) is 0.100. The molecule has 2 aromatic heterocycles. The number of aromatic nitrogens is 3. The van der Waals surface area contributed by atoms with E-state index in [1.54, 1.807) is 12.1 Å². The van der Waals surface area contributed by atoms with Crippen LogP contribution in [-0.2, 0) is 0 Å². The van der Waals surface area contributed by atoms with Gasteiger partial charge < -0.3 is 15.5 Å². The van der Waals surface area contributed by atoms with E-state index in [-0.39, 0.29) is 11.4 Å². The third-order valence-electron chi connectivity index (χ3n) is 3.08. The molecule has 0 aliphatic carbocycles. The lowest BCUT2D eigenvalue weighted by Crippen LogP contribution is -2.14. The number of amidine groups is 1. The quantitative estimate of drug-likeness (QED) is 0.300. The van der Waals surface area contributed by atoms with Crippen molar-refractivity contribution in [2.45, 2.75) is 6.43 Å². The van der Waals surface area contributed by atoms with Crippen molar-refractivity contribution >= 4 is 22.7 Å². The molecule has 0 fully saturated rings. The number of nitrogens with zero attached hydrogens (tertiary/aromatic N) is 3. The molecule has 1 aromatic carbocycles. The van der Waals surface area contributed by atoms with Crippen LogP contribution in [0, 0.1) is 0 Å². The molecular weight excluding hydrogens is 292 g/mol. The second-order valence-corrected chi connectivity index (χ2v) is 4.46. The van der Waals surface area contributed by atoms with Crippen molar-refractivity contribution in [3.8, 4) is 0 Å². The Morgan fingerprint density at radius 3 is 2.91 bits per heavy atom. The number of rotatable bonds is 3. The van der Waals surface area contributed by atoms with E-state index < -0.39 is 6.43 Å². The molecule has 0 bridgehead atoms. The van der Waals surface area contributed by atoms with Crippen LogP contribution in [-0.4, -0.2) is 26.0 Å². The highest BCUT2D eigenvalue weighted by atomic mass is 19.3. The van der Waals surface area contributed by atoms with Crippen LogP contribution >= 0.6 is 0 Å². The number of hydrogen-bond acceptors (Lipinski definition) is 4. The Bertz CT molecular complexity index is 831. The van der Waals surface area contributed by atoms with Crippen molar-refractivity contribution in [1.29, 1.82) is 0 Å². The number of hydrogen-bond donors (Lipinski definition) is 3. The monoisotopic (exact) mass is 303 g/mol. The number of nitrogens with one attached hydrogen (secondary N) is 2. The van der Waals surface area contributed by atoms with Gasteiger partial charge in [-0.3, -0.25) is 0 Å². The van der Waals surface area contributed by atoms with Crippen LogP contribution in [0.3, 0.4) is 0 Å². The normalized spacial score (nSPS) is 12.0. The predicted molar refractivity (Wildman–Crippen MR) is 77.2 cm³/mol. The molecule has 0 amide bonds. The van der Waals surface area contributed by atoms with Gasteiger partial charge in [0.05, 0.1) is 11.8 Å². The third-order valence-corrected chi connectivity index (χ3v) is 3.08. The lowest BCUT2D eigenvalue weighted by Gasteiger charge is -2.10. The van der Waals surface area contributed by atoms with Crippen molar-refractivity contribution in [2.24, 2.45) is 5.16 Å². The second-order valence-electron chi connectivity index (χ2n) is 4.46. The summed E-state index contributed by atoms with van der Waals surface area (Å²) in [6, 6.07) is 7.34. The first-order chi connectivity index (χ1) is 10.7.